The lowest BCUT2D eigenvalue weighted by molar-refractivity contribution is 0.0987. The second kappa shape index (κ2) is 6.48. The Balaban J connectivity index is 2.10. The fourth-order valence-corrected chi connectivity index (χ4v) is 2.88. The number of carbonyl (C=O) groups is 2. The smallest absolute Gasteiger partial charge is 0.267 e. The van der Waals surface area contributed by atoms with Crippen LogP contribution in [0, 0.1) is 0 Å². The highest BCUT2D eigenvalue weighted by atomic mass is 16.3. The predicted octanol–water partition coefficient (Wildman–Crippen LogP) is 2.72. The molecule has 26 heavy (non-hydrogen) atoms. The maximum Gasteiger partial charge on any atom is 0.267 e. The zero-order chi connectivity index (χ0) is 19.0. The van der Waals surface area contributed by atoms with E-state index in [2.05, 4.69) is 0 Å². The molecule has 0 bridgehead atoms. The molecule has 1 N–H and O–H groups in total. The van der Waals surface area contributed by atoms with Gasteiger partial charge in [-0.05, 0) is 43.3 Å². The first-order chi connectivity index (χ1) is 12.3. The van der Waals surface area contributed by atoms with Crippen molar-refractivity contribution >= 4 is 28.3 Å². The van der Waals surface area contributed by atoms with Crippen LogP contribution in [0.2, 0.25) is 0 Å². The lowest BCUT2D eigenvalue weighted by atomic mass is 10.1. The number of aromatic hydroxyl groups is 1. The quantitative estimate of drug-likeness (QED) is 0.737. The van der Waals surface area contributed by atoms with E-state index in [-0.39, 0.29) is 17.1 Å². The molecule has 0 saturated carbocycles. The second-order valence-electron chi connectivity index (χ2n) is 6.07. The van der Waals surface area contributed by atoms with Crippen molar-refractivity contribution in [3.8, 4) is 5.75 Å². The highest BCUT2D eigenvalue weighted by Gasteiger charge is 2.24. The molecule has 0 aliphatic heterocycles. The third-order valence-corrected chi connectivity index (χ3v) is 4.46. The Morgan fingerprint density at radius 3 is 2.27 bits per heavy atom. The van der Waals surface area contributed by atoms with Crippen LogP contribution in [0.3, 0.4) is 0 Å². The predicted molar refractivity (Wildman–Crippen MR) is 100 cm³/mol. The molecule has 0 radical (unpaired) electrons. The zero-order valence-electron chi connectivity index (χ0n) is 14.7. The van der Waals surface area contributed by atoms with Crippen molar-refractivity contribution in [2.24, 2.45) is 7.05 Å². The topological polar surface area (TPSA) is 79.6 Å². The molecule has 1 heterocycles. The van der Waals surface area contributed by atoms with Crippen LogP contribution in [0.1, 0.15) is 27.6 Å². The number of nitrogens with zero attached hydrogens (tertiary/aromatic N) is 2. The normalized spacial score (nSPS) is 10.7. The number of benzene rings is 2. The largest absolute Gasteiger partial charge is 0.506 e. The van der Waals surface area contributed by atoms with Gasteiger partial charge < -0.3 is 14.6 Å². The van der Waals surface area contributed by atoms with Crippen LogP contribution in [0.25, 0.3) is 10.9 Å². The van der Waals surface area contributed by atoms with E-state index >= 15 is 0 Å². The molecule has 6 heteroatoms. The van der Waals surface area contributed by atoms with Gasteiger partial charge in [0, 0.05) is 30.7 Å². The molecule has 0 saturated heterocycles. The number of pyridine rings is 1. The minimum Gasteiger partial charge on any atom is -0.506 e. The van der Waals surface area contributed by atoms with E-state index in [0.717, 1.165) is 0 Å². The molecule has 1 amide bonds. The lowest BCUT2D eigenvalue weighted by Crippen LogP contribution is -2.34. The van der Waals surface area contributed by atoms with E-state index < -0.39 is 11.5 Å². The third-order valence-electron chi connectivity index (χ3n) is 4.46. The number of rotatable bonds is 3. The number of carbonyl (C=O) groups excluding carboxylic acids is 2. The van der Waals surface area contributed by atoms with E-state index in [1.165, 1.54) is 23.4 Å². The number of amides is 1. The molecule has 6 nitrogen and oxygen atoms in total. The van der Waals surface area contributed by atoms with Gasteiger partial charge in [-0.1, -0.05) is 12.1 Å². The van der Waals surface area contributed by atoms with Gasteiger partial charge in [0.2, 0.25) is 0 Å². The summed E-state index contributed by atoms with van der Waals surface area (Å²) in [5.41, 5.74) is 0.719. The summed E-state index contributed by atoms with van der Waals surface area (Å²) in [6, 6.07) is 13.3. The fourth-order valence-electron chi connectivity index (χ4n) is 2.88. The summed E-state index contributed by atoms with van der Waals surface area (Å²) in [5, 5.41) is 11.0. The van der Waals surface area contributed by atoms with Crippen molar-refractivity contribution in [3.63, 3.8) is 0 Å². The van der Waals surface area contributed by atoms with Gasteiger partial charge in [0.15, 0.2) is 5.78 Å². The molecule has 0 aliphatic rings. The standard InChI is InChI=1S/C20H18N2O4/c1-12(23)13-8-10-14(11-9-13)21(2)19(25)17-18(24)15-6-4-5-7-16(15)22(3)20(17)26/h4-11,24H,1-3H3. The summed E-state index contributed by atoms with van der Waals surface area (Å²) in [7, 11) is 3.07. The second-order valence-corrected chi connectivity index (χ2v) is 6.07. The summed E-state index contributed by atoms with van der Waals surface area (Å²) in [4.78, 5) is 38.2. The molecule has 0 atom stereocenters. The van der Waals surface area contributed by atoms with Crippen LogP contribution in [-0.2, 0) is 7.05 Å². The van der Waals surface area contributed by atoms with Crippen LogP contribution in [-0.4, -0.2) is 28.4 Å². The Kier molecular flexibility index (Phi) is 4.34. The van der Waals surface area contributed by atoms with Crippen LogP contribution in [0.15, 0.2) is 53.3 Å². The van der Waals surface area contributed by atoms with E-state index in [9.17, 15) is 19.5 Å². The van der Waals surface area contributed by atoms with Gasteiger partial charge in [-0.15, -0.1) is 0 Å². The Hall–Kier alpha value is -3.41. The van der Waals surface area contributed by atoms with E-state index in [4.69, 9.17) is 0 Å². The number of ketones is 1. The van der Waals surface area contributed by atoms with Gasteiger partial charge in [-0.3, -0.25) is 14.4 Å². The lowest BCUT2D eigenvalue weighted by Gasteiger charge is -2.19. The van der Waals surface area contributed by atoms with Crippen LogP contribution in [0.5, 0.6) is 5.75 Å². The zero-order valence-corrected chi connectivity index (χ0v) is 14.7. The van der Waals surface area contributed by atoms with Gasteiger partial charge >= 0.3 is 0 Å². The summed E-state index contributed by atoms with van der Waals surface area (Å²) < 4.78 is 1.34. The van der Waals surface area contributed by atoms with Crippen molar-refractivity contribution in [1.29, 1.82) is 0 Å². The number of para-hydroxylation sites is 1. The molecule has 1 aromatic heterocycles. The van der Waals surface area contributed by atoms with Gasteiger partial charge in [0.1, 0.15) is 11.3 Å². The van der Waals surface area contributed by atoms with Gasteiger partial charge in [-0.2, -0.15) is 0 Å². The number of aryl methyl sites for hydroxylation is 1. The molecular weight excluding hydrogens is 332 g/mol. The number of hydrogen-bond donors (Lipinski definition) is 1. The van der Waals surface area contributed by atoms with Gasteiger partial charge in [-0.25, -0.2) is 0 Å². The first-order valence-corrected chi connectivity index (χ1v) is 8.02. The average molecular weight is 350 g/mol. The maximum atomic E-state index is 12.9. The first-order valence-electron chi connectivity index (χ1n) is 8.02. The molecular formula is C20H18N2O4. The Morgan fingerprint density at radius 1 is 1.04 bits per heavy atom. The van der Waals surface area contributed by atoms with Crippen LogP contribution >= 0.6 is 0 Å². The molecule has 3 rings (SSSR count). The fraction of sp³-hybridized carbons (Fsp3) is 0.150. The molecule has 0 fully saturated rings. The minimum atomic E-state index is -0.621. The highest BCUT2D eigenvalue weighted by molar-refractivity contribution is 6.10. The van der Waals surface area contributed by atoms with Crippen molar-refractivity contribution < 1.29 is 14.7 Å². The number of hydrogen-bond acceptors (Lipinski definition) is 4. The Morgan fingerprint density at radius 2 is 1.65 bits per heavy atom. The van der Waals surface area contributed by atoms with Crippen molar-refractivity contribution in [1.82, 2.24) is 4.57 Å². The number of Topliss-reactive ketones (excluding diaryl/α,β-unsaturated/α-hetero) is 1. The molecule has 132 valence electrons. The van der Waals surface area contributed by atoms with E-state index in [1.54, 1.807) is 55.6 Å². The minimum absolute atomic E-state index is 0.0772. The van der Waals surface area contributed by atoms with E-state index in [1.807, 2.05) is 0 Å². The number of aromatic nitrogens is 1. The van der Waals surface area contributed by atoms with Crippen molar-refractivity contribution in [3.05, 3.63) is 70.0 Å². The summed E-state index contributed by atoms with van der Waals surface area (Å²) in [6.07, 6.45) is 0. The summed E-state index contributed by atoms with van der Waals surface area (Å²) in [5.74, 6) is -1.03. The van der Waals surface area contributed by atoms with Crippen LogP contribution < -0.4 is 10.5 Å². The summed E-state index contributed by atoms with van der Waals surface area (Å²) >= 11 is 0. The highest BCUT2D eigenvalue weighted by Crippen LogP contribution is 2.27. The number of fused-ring (bicyclic) bond motifs is 1. The molecule has 0 spiro atoms. The van der Waals surface area contributed by atoms with Crippen molar-refractivity contribution in [2.75, 3.05) is 11.9 Å². The third kappa shape index (κ3) is 2.75. The molecule has 0 unspecified atom stereocenters. The van der Waals surface area contributed by atoms with Crippen LogP contribution in [0.4, 0.5) is 5.69 Å². The Labute approximate surface area is 149 Å². The molecule has 3 aromatic rings. The van der Waals surface area contributed by atoms with Gasteiger partial charge in [0.25, 0.3) is 11.5 Å². The first kappa shape index (κ1) is 17.4. The molecule has 0 aliphatic carbocycles. The SMILES string of the molecule is CC(=O)c1ccc(N(C)C(=O)c2c(O)c3ccccc3n(C)c2=O)cc1. The van der Waals surface area contributed by atoms with Crippen molar-refractivity contribution in [2.45, 2.75) is 6.92 Å². The van der Waals surface area contributed by atoms with E-state index in [0.29, 0.717) is 22.2 Å². The average Bonchev–Trinajstić information content (AvgIpc) is 2.65. The van der Waals surface area contributed by atoms with Gasteiger partial charge in [0.05, 0.1) is 5.52 Å². The monoisotopic (exact) mass is 350 g/mol. The summed E-state index contributed by atoms with van der Waals surface area (Å²) in [6.45, 7) is 1.46. The maximum absolute atomic E-state index is 12.9. The number of anilines is 1. The Bertz CT molecular complexity index is 1080. The molecule has 2 aromatic carbocycles.